The van der Waals surface area contributed by atoms with Gasteiger partial charge in [-0.15, -0.1) is 0 Å². The molecule has 1 aromatic carbocycles. The molecule has 3 heteroatoms. The minimum atomic E-state index is -0.0400. The first kappa shape index (κ1) is 14.9. The molecule has 1 unspecified atom stereocenters. The molecule has 2 rings (SSSR count). The molecule has 0 aliphatic carbocycles. The summed E-state index contributed by atoms with van der Waals surface area (Å²) in [5.41, 5.74) is 1.22. The van der Waals surface area contributed by atoms with E-state index in [-0.39, 0.29) is 11.4 Å². The summed E-state index contributed by atoms with van der Waals surface area (Å²) >= 11 is 0. The van der Waals surface area contributed by atoms with E-state index < -0.39 is 0 Å². The van der Waals surface area contributed by atoms with Crippen LogP contribution in [0.3, 0.4) is 0 Å². The second kappa shape index (κ2) is 6.78. The molecule has 20 heavy (non-hydrogen) atoms. The first-order chi connectivity index (χ1) is 9.67. The Morgan fingerprint density at radius 3 is 2.55 bits per heavy atom. The zero-order valence-electron chi connectivity index (χ0n) is 12.6. The van der Waals surface area contributed by atoms with Gasteiger partial charge in [-0.1, -0.05) is 32.4 Å². The Morgan fingerprint density at radius 2 is 2.00 bits per heavy atom. The van der Waals surface area contributed by atoms with Gasteiger partial charge in [0.25, 0.3) is 0 Å². The van der Waals surface area contributed by atoms with Crippen LogP contribution in [0.2, 0.25) is 0 Å². The summed E-state index contributed by atoms with van der Waals surface area (Å²) in [4.78, 5) is 11.5. The van der Waals surface area contributed by atoms with E-state index in [2.05, 4.69) is 31.3 Å². The fourth-order valence-corrected chi connectivity index (χ4v) is 2.72. The maximum Gasteiger partial charge on any atom is 0.220 e. The largest absolute Gasteiger partial charge is 0.494 e. The van der Waals surface area contributed by atoms with Crippen LogP contribution < -0.4 is 10.1 Å². The summed E-state index contributed by atoms with van der Waals surface area (Å²) in [6, 6.07) is 8.29. The monoisotopic (exact) mass is 275 g/mol. The van der Waals surface area contributed by atoms with Gasteiger partial charge in [0.1, 0.15) is 5.75 Å². The van der Waals surface area contributed by atoms with E-state index in [4.69, 9.17) is 4.74 Å². The van der Waals surface area contributed by atoms with E-state index >= 15 is 0 Å². The molecule has 0 aromatic heterocycles. The lowest BCUT2D eigenvalue weighted by atomic mass is 9.87. The molecule has 3 nitrogen and oxygen atoms in total. The molecule has 1 amide bonds. The Labute approximate surface area is 121 Å². The predicted molar refractivity (Wildman–Crippen MR) is 80.9 cm³/mol. The van der Waals surface area contributed by atoms with E-state index in [9.17, 15) is 4.79 Å². The summed E-state index contributed by atoms with van der Waals surface area (Å²) in [5.74, 6) is 1.12. The topological polar surface area (TPSA) is 38.3 Å². The van der Waals surface area contributed by atoms with Gasteiger partial charge in [0, 0.05) is 12.0 Å². The molecule has 1 fully saturated rings. The molecular weight excluding hydrogens is 250 g/mol. The van der Waals surface area contributed by atoms with Crippen molar-refractivity contribution in [2.24, 2.45) is 0 Å². The van der Waals surface area contributed by atoms with Gasteiger partial charge in [-0.2, -0.15) is 0 Å². The van der Waals surface area contributed by atoms with Crippen LogP contribution in [0.4, 0.5) is 0 Å². The van der Waals surface area contributed by atoms with Crippen molar-refractivity contribution in [1.82, 2.24) is 5.32 Å². The van der Waals surface area contributed by atoms with Gasteiger partial charge in [-0.05, 0) is 43.4 Å². The van der Waals surface area contributed by atoms with E-state index in [0.717, 1.165) is 44.5 Å². The summed E-state index contributed by atoms with van der Waals surface area (Å²) in [6.07, 6.45) is 5.73. The number of carbonyl (C=O) groups is 1. The first-order valence-electron chi connectivity index (χ1n) is 7.70. The number of ether oxygens (including phenoxy) is 1. The van der Waals surface area contributed by atoms with Gasteiger partial charge < -0.3 is 10.1 Å². The van der Waals surface area contributed by atoms with Crippen LogP contribution in [0.15, 0.2) is 24.3 Å². The quantitative estimate of drug-likeness (QED) is 0.774. The van der Waals surface area contributed by atoms with Crippen LogP contribution in [-0.4, -0.2) is 18.1 Å². The van der Waals surface area contributed by atoms with Crippen molar-refractivity contribution in [3.63, 3.8) is 0 Å². The van der Waals surface area contributed by atoms with Crippen LogP contribution in [0.5, 0.6) is 5.75 Å². The predicted octanol–water partition coefficient (Wildman–Crippen LogP) is 3.47. The Hall–Kier alpha value is -1.51. The maximum absolute atomic E-state index is 11.5. The molecule has 0 spiro atoms. The highest BCUT2D eigenvalue weighted by Crippen LogP contribution is 2.28. The number of unbranched alkanes of at least 4 members (excludes halogenated alkanes) is 1. The second-order valence-electron chi connectivity index (χ2n) is 5.70. The van der Waals surface area contributed by atoms with Gasteiger partial charge in [0.05, 0.1) is 6.61 Å². The van der Waals surface area contributed by atoms with E-state index in [1.165, 1.54) is 5.56 Å². The van der Waals surface area contributed by atoms with Gasteiger partial charge in [-0.3, -0.25) is 4.79 Å². The zero-order valence-corrected chi connectivity index (χ0v) is 12.6. The Morgan fingerprint density at radius 1 is 1.25 bits per heavy atom. The summed E-state index contributed by atoms with van der Waals surface area (Å²) < 4.78 is 5.67. The first-order valence-corrected chi connectivity index (χ1v) is 7.70. The molecule has 1 saturated heterocycles. The summed E-state index contributed by atoms with van der Waals surface area (Å²) in [5, 5.41) is 3.15. The molecule has 1 aliphatic rings. The SMILES string of the molecule is CCCCOc1ccc(CC2(CC)CCC(=O)N2)cc1. The molecule has 1 aromatic rings. The van der Waals surface area contributed by atoms with Crippen LogP contribution in [0.25, 0.3) is 0 Å². The number of hydrogen-bond acceptors (Lipinski definition) is 2. The lowest BCUT2D eigenvalue weighted by Gasteiger charge is -2.28. The molecular formula is C17H25NO2. The standard InChI is InChI=1S/C17H25NO2/c1-3-5-12-20-15-8-6-14(7-9-15)13-17(4-2)11-10-16(19)18-17/h6-9H,3-5,10-13H2,1-2H3,(H,18,19). The Kier molecular flexibility index (Phi) is 5.05. The maximum atomic E-state index is 11.5. The van der Waals surface area contributed by atoms with Crippen molar-refractivity contribution in [3.05, 3.63) is 29.8 Å². The molecule has 0 saturated carbocycles. The van der Waals surface area contributed by atoms with Crippen molar-refractivity contribution < 1.29 is 9.53 Å². The van der Waals surface area contributed by atoms with Crippen molar-refractivity contribution in [3.8, 4) is 5.75 Å². The van der Waals surface area contributed by atoms with Gasteiger partial charge >= 0.3 is 0 Å². The van der Waals surface area contributed by atoms with Crippen molar-refractivity contribution in [2.75, 3.05) is 6.61 Å². The van der Waals surface area contributed by atoms with Crippen molar-refractivity contribution >= 4 is 5.91 Å². The Bertz CT molecular complexity index is 441. The molecule has 1 aliphatic heterocycles. The molecule has 0 radical (unpaired) electrons. The van der Waals surface area contributed by atoms with Gasteiger partial charge in [-0.25, -0.2) is 0 Å². The smallest absolute Gasteiger partial charge is 0.220 e. The number of carbonyl (C=O) groups excluding carboxylic acids is 1. The molecule has 0 bridgehead atoms. The molecule has 110 valence electrons. The lowest BCUT2D eigenvalue weighted by molar-refractivity contribution is -0.119. The average Bonchev–Trinajstić information content (AvgIpc) is 2.83. The minimum absolute atomic E-state index is 0.0400. The zero-order chi connectivity index (χ0) is 14.4. The average molecular weight is 275 g/mol. The minimum Gasteiger partial charge on any atom is -0.494 e. The Balaban J connectivity index is 1.94. The lowest BCUT2D eigenvalue weighted by Crippen LogP contribution is -2.42. The van der Waals surface area contributed by atoms with Crippen molar-refractivity contribution in [1.29, 1.82) is 0 Å². The number of nitrogens with one attached hydrogen (secondary N) is 1. The second-order valence-corrected chi connectivity index (χ2v) is 5.70. The summed E-state index contributed by atoms with van der Waals surface area (Å²) in [6.45, 7) is 5.09. The van der Waals surface area contributed by atoms with Crippen LogP contribution >= 0.6 is 0 Å². The normalized spacial score (nSPS) is 21.8. The molecule has 1 heterocycles. The molecule has 1 atom stereocenters. The summed E-state index contributed by atoms with van der Waals surface area (Å²) in [7, 11) is 0. The van der Waals surface area contributed by atoms with Gasteiger partial charge in [0.2, 0.25) is 5.91 Å². The highest BCUT2D eigenvalue weighted by Gasteiger charge is 2.35. The fraction of sp³-hybridized carbons (Fsp3) is 0.588. The fourth-order valence-electron chi connectivity index (χ4n) is 2.72. The van der Waals surface area contributed by atoms with E-state index in [1.54, 1.807) is 0 Å². The number of amides is 1. The van der Waals surface area contributed by atoms with E-state index in [0.29, 0.717) is 6.42 Å². The van der Waals surface area contributed by atoms with Gasteiger partial charge in [0.15, 0.2) is 0 Å². The van der Waals surface area contributed by atoms with E-state index in [1.807, 2.05) is 12.1 Å². The number of benzene rings is 1. The van der Waals surface area contributed by atoms with Crippen LogP contribution in [0, 0.1) is 0 Å². The van der Waals surface area contributed by atoms with Crippen LogP contribution in [0.1, 0.15) is 51.5 Å². The van der Waals surface area contributed by atoms with Crippen LogP contribution in [-0.2, 0) is 11.2 Å². The highest BCUT2D eigenvalue weighted by atomic mass is 16.5. The third-order valence-electron chi connectivity index (χ3n) is 4.14. The number of hydrogen-bond donors (Lipinski definition) is 1. The third-order valence-corrected chi connectivity index (χ3v) is 4.14. The number of rotatable bonds is 7. The highest BCUT2D eigenvalue weighted by molar-refractivity contribution is 5.79. The molecule has 1 N–H and O–H groups in total. The third kappa shape index (κ3) is 3.75. The van der Waals surface area contributed by atoms with Crippen molar-refractivity contribution in [2.45, 2.75) is 57.9 Å².